The summed E-state index contributed by atoms with van der Waals surface area (Å²) in [7, 11) is 0. The maximum atomic E-state index is 12.9. The fourth-order valence-corrected chi connectivity index (χ4v) is 2.25. The van der Waals surface area contributed by atoms with Crippen LogP contribution in [-0.2, 0) is 10.9 Å². The zero-order chi connectivity index (χ0) is 13.5. The first-order valence-electron chi connectivity index (χ1n) is 5.94. The van der Waals surface area contributed by atoms with Crippen molar-refractivity contribution in [3.63, 3.8) is 0 Å². The van der Waals surface area contributed by atoms with E-state index in [0.29, 0.717) is 0 Å². The summed E-state index contributed by atoms with van der Waals surface area (Å²) in [5.41, 5.74) is 0.506. The summed E-state index contributed by atoms with van der Waals surface area (Å²) >= 11 is 0. The van der Waals surface area contributed by atoms with Crippen LogP contribution in [0.5, 0.6) is 0 Å². The lowest BCUT2D eigenvalue weighted by Crippen LogP contribution is -2.08. The van der Waals surface area contributed by atoms with Crippen molar-refractivity contribution < 1.29 is 17.9 Å². The Bertz CT molecular complexity index is 577. The van der Waals surface area contributed by atoms with E-state index in [1.165, 1.54) is 12.1 Å². The lowest BCUT2D eigenvalue weighted by molar-refractivity contribution is -0.138. The van der Waals surface area contributed by atoms with Gasteiger partial charge in [0, 0.05) is 0 Å². The maximum absolute atomic E-state index is 12.9. The van der Waals surface area contributed by atoms with Gasteiger partial charge in [0.25, 0.3) is 0 Å². The molecule has 0 radical (unpaired) electrons. The van der Waals surface area contributed by atoms with Gasteiger partial charge in [0.15, 0.2) is 0 Å². The molecular formula is C15H11F3O. The van der Waals surface area contributed by atoms with E-state index in [-0.39, 0.29) is 11.7 Å². The van der Waals surface area contributed by atoms with Crippen LogP contribution in [0.4, 0.5) is 13.2 Å². The Morgan fingerprint density at radius 1 is 0.789 bits per heavy atom. The van der Waals surface area contributed by atoms with Crippen molar-refractivity contribution in [2.24, 2.45) is 0 Å². The number of halogens is 3. The molecule has 0 aliphatic carbocycles. The highest BCUT2D eigenvalue weighted by atomic mass is 19.4. The van der Waals surface area contributed by atoms with Crippen LogP contribution in [0.25, 0.3) is 0 Å². The van der Waals surface area contributed by atoms with Crippen molar-refractivity contribution in [3.8, 4) is 0 Å². The molecule has 0 aromatic heterocycles. The summed E-state index contributed by atoms with van der Waals surface area (Å²) in [5.74, 6) is 0. The second-order valence-corrected chi connectivity index (χ2v) is 4.47. The van der Waals surface area contributed by atoms with Crippen LogP contribution in [0.2, 0.25) is 0 Å². The number of rotatable bonds is 2. The molecule has 1 aliphatic heterocycles. The van der Waals surface area contributed by atoms with Gasteiger partial charge in [-0.05, 0) is 17.2 Å². The smallest absolute Gasteiger partial charge is 0.359 e. The number of epoxide rings is 1. The van der Waals surface area contributed by atoms with E-state index < -0.39 is 17.8 Å². The van der Waals surface area contributed by atoms with Crippen LogP contribution in [0.15, 0.2) is 54.6 Å². The van der Waals surface area contributed by atoms with Crippen molar-refractivity contribution in [2.75, 3.05) is 0 Å². The van der Waals surface area contributed by atoms with Gasteiger partial charge in [-0.1, -0.05) is 48.5 Å². The molecule has 1 heterocycles. The van der Waals surface area contributed by atoms with Crippen molar-refractivity contribution >= 4 is 0 Å². The molecule has 2 aromatic rings. The maximum Gasteiger partial charge on any atom is 0.416 e. The Hall–Kier alpha value is -1.81. The summed E-state index contributed by atoms with van der Waals surface area (Å²) in [5, 5.41) is 0. The Morgan fingerprint density at radius 2 is 1.42 bits per heavy atom. The highest BCUT2D eigenvalue weighted by Crippen LogP contribution is 2.53. The van der Waals surface area contributed by atoms with E-state index >= 15 is 0 Å². The lowest BCUT2D eigenvalue weighted by atomic mass is 9.99. The fourth-order valence-electron chi connectivity index (χ4n) is 2.25. The molecule has 1 nitrogen and oxygen atoms in total. The van der Waals surface area contributed by atoms with Gasteiger partial charge in [0.1, 0.15) is 12.2 Å². The summed E-state index contributed by atoms with van der Waals surface area (Å²) in [6.07, 6.45) is -5.12. The van der Waals surface area contributed by atoms with E-state index in [1.54, 1.807) is 6.07 Å². The molecule has 1 aliphatic rings. The van der Waals surface area contributed by atoms with Gasteiger partial charge in [-0.2, -0.15) is 13.2 Å². The molecule has 0 unspecified atom stereocenters. The molecule has 0 saturated carbocycles. The molecule has 98 valence electrons. The second kappa shape index (κ2) is 4.38. The summed E-state index contributed by atoms with van der Waals surface area (Å²) < 4.78 is 44.2. The van der Waals surface area contributed by atoms with Gasteiger partial charge in [-0.3, -0.25) is 0 Å². The first-order valence-corrected chi connectivity index (χ1v) is 5.94. The van der Waals surface area contributed by atoms with Crippen molar-refractivity contribution in [2.45, 2.75) is 18.4 Å². The third kappa shape index (κ3) is 2.36. The average Bonchev–Trinajstić information content (AvgIpc) is 3.19. The van der Waals surface area contributed by atoms with Gasteiger partial charge in [0.05, 0.1) is 5.56 Å². The third-order valence-corrected chi connectivity index (χ3v) is 3.19. The first kappa shape index (κ1) is 12.2. The highest BCUT2D eigenvalue weighted by molar-refractivity contribution is 5.37. The minimum atomic E-state index is -4.34. The predicted molar refractivity (Wildman–Crippen MR) is 64.5 cm³/mol. The largest absolute Gasteiger partial charge is 0.416 e. The molecule has 2 aromatic carbocycles. The number of hydrogen-bond donors (Lipinski definition) is 0. The summed E-state index contributed by atoms with van der Waals surface area (Å²) in [4.78, 5) is 0. The van der Waals surface area contributed by atoms with Crippen LogP contribution in [0.1, 0.15) is 28.9 Å². The molecular weight excluding hydrogens is 253 g/mol. The number of ether oxygens (including phenoxy) is 1. The summed E-state index contributed by atoms with van der Waals surface area (Å²) in [6, 6.07) is 14.9. The predicted octanol–water partition coefficient (Wildman–Crippen LogP) is 4.52. The molecule has 3 rings (SSSR count). The summed E-state index contributed by atoms with van der Waals surface area (Å²) in [6.45, 7) is 0. The topological polar surface area (TPSA) is 12.5 Å². The number of hydrogen-bond acceptors (Lipinski definition) is 1. The lowest BCUT2D eigenvalue weighted by Gasteiger charge is -2.10. The van der Waals surface area contributed by atoms with Crippen molar-refractivity contribution in [3.05, 3.63) is 71.3 Å². The highest BCUT2D eigenvalue weighted by Gasteiger charge is 2.46. The zero-order valence-corrected chi connectivity index (χ0v) is 9.89. The number of benzene rings is 2. The van der Waals surface area contributed by atoms with Gasteiger partial charge >= 0.3 is 6.18 Å². The number of alkyl halides is 3. The quantitative estimate of drug-likeness (QED) is 0.726. The SMILES string of the molecule is FC(F)(F)c1ccccc1[C@H]1O[C@@H]1c1ccccc1. The standard InChI is InChI=1S/C15H11F3O/c16-15(17,18)12-9-5-4-8-11(12)14-13(19-14)10-6-2-1-3-7-10/h1-9,13-14H/t13-,14-/m1/s1. The van der Waals surface area contributed by atoms with E-state index in [0.717, 1.165) is 11.6 Å². The normalized spacial score (nSPS) is 22.3. The van der Waals surface area contributed by atoms with Gasteiger partial charge in [0.2, 0.25) is 0 Å². The van der Waals surface area contributed by atoms with Gasteiger partial charge in [-0.15, -0.1) is 0 Å². The Kier molecular flexibility index (Phi) is 2.82. The molecule has 0 spiro atoms. The second-order valence-electron chi connectivity index (χ2n) is 4.47. The molecule has 0 amide bonds. The van der Waals surface area contributed by atoms with E-state index in [4.69, 9.17) is 4.74 Å². The van der Waals surface area contributed by atoms with Crippen LogP contribution in [-0.4, -0.2) is 0 Å². The van der Waals surface area contributed by atoms with Crippen LogP contribution < -0.4 is 0 Å². The van der Waals surface area contributed by atoms with E-state index in [1.807, 2.05) is 30.3 Å². The molecule has 1 fully saturated rings. The average molecular weight is 264 g/mol. The zero-order valence-electron chi connectivity index (χ0n) is 9.89. The molecule has 2 atom stereocenters. The van der Waals surface area contributed by atoms with Crippen molar-refractivity contribution in [1.29, 1.82) is 0 Å². The van der Waals surface area contributed by atoms with E-state index in [9.17, 15) is 13.2 Å². The minimum absolute atomic E-state index is 0.212. The molecule has 0 bridgehead atoms. The van der Waals surface area contributed by atoms with Crippen LogP contribution in [0.3, 0.4) is 0 Å². The third-order valence-electron chi connectivity index (χ3n) is 3.19. The Morgan fingerprint density at radius 3 is 2.11 bits per heavy atom. The Balaban J connectivity index is 1.90. The molecule has 0 N–H and O–H groups in total. The fraction of sp³-hybridized carbons (Fsp3) is 0.200. The molecule has 1 saturated heterocycles. The molecule has 4 heteroatoms. The van der Waals surface area contributed by atoms with Gasteiger partial charge in [-0.25, -0.2) is 0 Å². The van der Waals surface area contributed by atoms with Crippen LogP contribution in [0, 0.1) is 0 Å². The first-order chi connectivity index (χ1) is 9.07. The van der Waals surface area contributed by atoms with Crippen LogP contribution >= 0.6 is 0 Å². The van der Waals surface area contributed by atoms with Crippen molar-refractivity contribution in [1.82, 2.24) is 0 Å². The van der Waals surface area contributed by atoms with Gasteiger partial charge < -0.3 is 4.74 Å². The monoisotopic (exact) mass is 264 g/mol. The van der Waals surface area contributed by atoms with E-state index in [2.05, 4.69) is 0 Å². The Labute approximate surface area is 108 Å². The molecule has 19 heavy (non-hydrogen) atoms. The minimum Gasteiger partial charge on any atom is -0.359 e.